The molecular formula is C16H11F3N4O3. The third kappa shape index (κ3) is 4.15. The molecule has 3 aromatic rings. The van der Waals surface area contributed by atoms with E-state index in [4.69, 9.17) is 0 Å². The first-order valence-corrected chi connectivity index (χ1v) is 7.28. The van der Waals surface area contributed by atoms with Gasteiger partial charge in [-0.15, -0.1) is 13.2 Å². The van der Waals surface area contributed by atoms with Crippen LogP contribution in [-0.4, -0.2) is 26.8 Å². The number of ether oxygens (including phenoxy) is 1. The minimum atomic E-state index is -4.79. The predicted molar refractivity (Wildman–Crippen MR) is 85.6 cm³/mol. The maximum Gasteiger partial charge on any atom is 0.573 e. The van der Waals surface area contributed by atoms with Gasteiger partial charge in [-0.1, -0.05) is 0 Å². The van der Waals surface area contributed by atoms with E-state index in [0.717, 1.165) is 16.7 Å². The second-order valence-corrected chi connectivity index (χ2v) is 5.17. The van der Waals surface area contributed by atoms with E-state index in [1.54, 1.807) is 12.1 Å². The van der Waals surface area contributed by atoms with Gasteiger partial charge in [-0.05, 0) is 36.4 Å². The summed E-state index contributed by atoms with van der Waals surface area (Å²) in [6.07, 6.45) is -2.08. The zero-order valence-electron chi connectivity index (χ0n) is 13.0. The molecule has 0 saturated heterocycles. The van der Waals surface area contributed by atoms with Crippen LogP contribution < -0.4 is 15.6 Å². The molecule has 2 aromatic heterocycles. The van der Waals surface area contributed by atoms with E-state index < -0.39 is 23.6 Å². The fourth-order valence-electron chi connectivity index (χ4n) is 2.21. The molecule has 134 valence electrons. The third-order valence-electron chi connectivity index (χ3n) is 3.28. The van der Waals surface area contributed by atoms with Gasteiger partial charge in [-0.25, -0.2) is 9.97 Å². The average molecular weight is 364 g/mol. The number of anilines is 1. The number of carbonyl (C=O) groups excluding carboxylic acids is 1. The van der Waals surface area contributed by atoms with Crippen molar-refractivity contribution in [3.63, 3.8) is 0 Å². The summed E-state index contributed by atoms with van der Waals surface area (Å²) >= 11 is 0. The number of hydrogen-bond acceptors (Lipinski definition) is 5. The van der Waals surface area contributed by atoms with Gasteiger partial charge >= 0.3 is 6.36 Å². The summed E-state index contributed by atoms with van der Waals surface area (Å²) in [6.45, 7) is -0.308. The Bertz CT molecular complexity index is 1000. The number of pyridine rings is 1. The molecule has 3 rings (SSSR count). The van der Waals surface area contributed by atoms with Crippen LogP contribution in [0.4, 0.5) is 18.9 Å². The number of amides is 1. The zero-order chi connectivity index (χ0) is 18.7. The van der Waals surface area contributed by atoms with Gasteiger partial charge in [-0.2, -0.15) is 0 Å². The number of aromatic nitrogens is 3. The van der Waals surface area contributed by atoms with Gasteiger partial charge in [0.15, 0.2) is 5.65 Å². The van der Waals surface area contributed by atoms with Crippen molar-refractivity contribution in [2.24, 2.45) is 0 Å². The first kappa shape index (κ1) is 17.4. The topological polar surface area (TPSA) is 86.1 Å². The molecule has 0 aliphatic rings. The Hall–Kier alpha value is -3.43. The Morgan fingerprint density at radius 3 is 2.58 bits per heavy atom. The molecule has 10 heteroatoms. The summed E-state index contributed by atoms with van der Waals surface area (Å²) in [5.41, 5.74) is 0.106. The minimum absolute atomic E-state index is 0.257. The molecule has 0 spiro atoms. The van der Waals surface area contributed by atoms with Gasteiger partial charge in [0.25, 0.3) is 5.56 Å². The molecule has 0 aliphatic carbocycles. The molecule has 7 nitrogen and oxygen atoms in total. The normalized spacial score (nSPS) is 11.3. The van der Waals surface area contributed by atoms with Gasteiger partial charge in [0.1, 0.15) is 18.6 Å². The molecule has 0 fully saturated rings. The first-order chi connectivity index (χ1) is 12.3. The third-order valence-corrected chi connectivity index (χ3v) is 3.28. The molecule has 1 amide bonds. The molecule has 26 heavy (non-hydrogen) atoms. The van der Waals surface area contributed by atoms with Gasteiger partial charge in [0.05, 0.1) is 5.39 Å². The summed E-state index contributed by atoms with van der Waals surface area (Å²) in [7, 11) is 0. The number of benzene rings is 1. The monoisotopic (exact) mass is 364 g/mol. The Labute approximate surface area is 144 Å². The molecule has 0 radical (unpaired) electrons. The van der Waals surface area contributed by atoms with Crippen molar-refractivity contribution in [1.29, 1.82) is 0 Å². The van der Waals surface area contributed by atoms with E-state index in [1.807, 2.05) is 0 Å². The van der Waals surface area contributed by atoms with Crippen LogP contribution in [0.1, 0.15) is 0 Å². The summed E-state index contributed by atoms with van der Waals surface area (Å²) in [4.78, 5) is 32.3. The second kappa shape index (κ2) is 6.82. The van der Waals surface area contributed by atoms with Crippen LogP contribution in [0, 0.1) is 0 Å². The molecule has 0 saturated carbocycles. The number of carbonyl (C=O) groups is 1. The average Bonchev–Trinajstić information content (AvgIpc) is 2.58. The molecule has 0 unspecified atom stereocenters. The second-order valence-electron chi connectivity index (χ2n) is 5.17. The van der Waals surface area contributed by atoms with Gasteiger partial charge in [-0.3, -0.25) is 14.2 Å². The SMILES string of the molecule is O=C(Cn1cnc2ncccc2c1=O)Nc1ccc(OC(F)(F)F)cc1. The van der Waals surface area contributed by atoms with Crippen LogP contribution in [0.5, 0.6) is 5.75 Å². The lowest BCUT2D eigenvalue weighted by Crippen LogP contribution is -2.28. The Balaban J connectivity index is 1.69. The highest BCUT2D eigenvalue weighted by molar-refractivity contribution is 5.90. The maximum atomic E-state index is 12.3. The first-order valence-electron chi connectivity index (χ1n) is 7.28. The number of hydrogen-bond donors (Lipinski definition) is 1. The summed E-state index contributed by atoms with van der Waals surface area (Å²) in [6, 6.07) is 7.78. The number of halogens is 3. The highest BCUT2D eigenvalue weighted by Crippen LogP contribution is 2.23. The number of nitrogens with one attached hydrogen (secondary N) is 1. The Kier molecular flexibility index (Phi) is 4.57. The standard InChI is InChI=1S/C16H11F3N4O3/c17-16(18,19)26-11-5-3-10(4-6-11)22-13(24)8-23-9-21-14-12(15(23)25)2-1-7-20-14/h1-7,9H,8H2,(H,22,24). The van der Waals surface area contributed by atoms with Crippen LogP contribution in [-0.2, 0) is 11.3 Å². The lowest BCUT2D eigenvalue weighted by molar-refractivity contribution is -0.274. The predicted octanol–water partition coefficient (Wildman–Crippen LogP) is 2.33. The lowest BCUT2D eigenvalue weighted by Gasteiger charge is -2.10. The quantitative estimate of drug-likeness (QED) is 0.768. The van der Waals surface area contributed by atoms with Crippen molar-refractivity contribution in [2.75, 3.05) is 5.32 Å². The molecule has 1 N–H and O–H groups in total. The van der Waals surface area contributed by atoms with Gasteiger partial charge in [0, 0.05) is 11.9 Å². The Morgan fingerprint density at radius 2 is 1.88 bits per heavy atom. The molecule has 0 atom stereocenters. The number of nitrogens with zero attached hydrogens (tertiary/aromatic N) is 3. The van der Waals surface area contributed by atoms with E-state index in [-0.39, 0.29) is 23.3 Å². The largest absolute Gasteiger partial charge is 0.573 e. The summed E-state index contributed by atoms with van der Waals surface area (Å²) in [5.74, 6) is -0.945. The van der Waals surface area contributed by atoms with E-state index in [0.29, 0.717) is 0 Å². The highest BCUT2D eigenvalue weighted by atomic mass is 19.4. The molecule has 1 aromatic carbocycles. The van der Waals surface area contributed by atoms with Crippen LogP contribution in [0.2, 0.25) is 0 Å². The minimum Gasteiger partial charge on any atom is -0.406 e. The van der Waals surface area contributed by atoms with Crippen LogP contribution >= 0.6 is 0 Å². The van der Waals surface area contributed by atoms with Gasteiger partial charge < -0.3 is 10.1 Å². The highest BCUT2D eigenvalue weighted by Gasteiger charge is 2.30. The summed E-state index contributed by atoms with van der Waals surface area (Å²) < 4.78 is 41.2. The van der Waals surface area contributed by atoms with Crippen molar-refractivity contribution >= 4 is 22.6 Å². The number of alkyl halides is 3. The van der Waals surface area contributed by atoms with Crippen LogP contribution in [0.3, 0.4) is 0 Å². The summed E-state index contributed by atoms with van der Waals surface area (Å²) in [5, 5.41) is 2.75. The van der Waals surface area contributed by atoms with E-state index in [1.165, 1.54) is 24.7 Å². The molecule has 0 aliphatic heterocycles. The molecule has 2 heterocycles. The van der Waals surface area contributed by atoms with Crippen LogP contribution in [0.25, 0.3) is 11.0 Å². The van der Waals surface area contributed by atoms with Crippen molar-refractivity contribution in [1.82, 2.24) is 14.5 Å². The van der Waals surface area contributed by atoms with E-state index in [9.17, 15) is 22.8 Å². The van der Waals surface area contributed by atoms with E-state index >= 15 is 0 Å². The maximum absolute atomic E-state index is 12.3. The van der Waals surface area contributed by atoms with Crippen molar-refractivity contribution < 1.29 is 22.7 Å². The van der Waals surface area contributed by atoms with Crippen molar-refractivity contribution in [3.8, 4) is 5.75 Å². The molecule has 0 bridgehead atoms. The molecular weight excluding hydrogens is 353 g/mol. The van der Waals surface area contributed by atoms with Crippen LogP contribution in [0.15, 0.2) is 53.7 Å². The lowest BCUT2D eigenvalue weighted by atomic mass is 10.3. The number of rotatable bonds is 4. The van der Waals surface area contributed by atoms with E-state index in [2.05, 4.69) is 20.0 Å². The van der Waals surface area contributed by atoms with Gasteiger partial charge in [0.2, 0.25) is 5.91 Å². The van der Waals surface area contributed by atoms with Crippen molar-refractivity contribution in [3.05, 3.63) is 59.3 Å². The zero-order valence-corrected chi connectivity index (χ0v) is 13.0. The smallest absolute Gasteiger partial charge is 0.406 e. The Morgan fingerprint density at radius 1 is 1.15 bits per heavy atom. The van der Waals surface area contributed by atoms with Crippen molar-refractivity contribution in [2.45, 2.75) is 12.9 Å². The number of fused-ring (bicyclic) bond motifs is 1. The fourth-order valence-corrected chi connectivity index (χ4v) is 2.21. The fraction of sp³-hybridized carbons (Fsp3) is 0.125.